The number of nitrogens with one attached hydrogen (secondary N) is 2. The van der Waals surface area contributed by atoms with Gasteiger partial charge in [-0.15, -0.1) is 0 Å². The number of hydrazine groups is 1. The zero-order chi connectivity index (χ0) is 16.4. The lowest BCUT2D eigenvalue weighted by Crippen LogP contribution is -2.29. The van der Waals surface area contributed by atoms with Gasteiger partial charge in [0, 0.05) is 0 Å². The molecule has 1 amide bonds. The van der Waals surface area contributed by atoms with Gasteiger partial charge >= 0.3 is 0 Å². The lowest BCUT2D eigenvalue weighted by molar-refractivity contribution is 0.0959. The summed E-state index contributed by atoms with van der Waals surface area (Å²) >= 11 is 1.51. The van der Waals surface area contributed by atoms with Crippen LogP contribution in [0.5, 0.6) is 5.75 Å². The van der Waals surface area contributed by atoms with E-state index in [0.717, 1.165) is 10.2 Å². The molecule has 0 saturated carbocycles. The second-order valence-electron chi connectivity index (χ2n) is 5.23. The number of carbonyl (C=O) groups is 1. The van der Waals surface area contributed by atoms with Crippen LogP contribution in [0, 0.1) is 13.8 Å². The molecule has 6 heteroatoms. The van der Waals surface area contributed by atoms with Gasteiger partial charge in [0.2, 0.25) is 5.13 Å². The number of aromatic nitrogens is 1. The first-order valence-corrected chi connectivity index (χ1v) is 7.97. The number of aryl methyl sites for hydroxylation is 2. The molecular weight excluding hydrogens is 310 g/mol. The number of benzene rings is 2. The van der Waals surface area contributed by atoms with Gasteiger partial charge in [-0.1, -0.05) is 29.5 Å². The average Bonchev–Trinajstić information content (AvgIpc) is 2.95. The maximum Gasteiger partial charge on any atom is 0.273 e. The fourth-order valence-electron chi connectivity index (χ4n) is 2.44. The first kappa shape index (κ1) is 15.3. The van der Waals surface area contributed by atoms with Crippen LogP contribution < -0.4 is 15.6 Å². The van der Waals surface area contributed by atoms with Crippen molar-refractivity contribution in [2.75, 3.05) is 12.5 Å². The highest BCUT2D eigenvalue weighted by atomic mass is 32.1. The second-order valence-corrected chi connectivity index (χ2v) is 6.23. The van der Waals surface area contributed by atoms with E-state index >= 15 is 0 Å². The molecular formula is C17H17N3O2S. The Kier molecular flexibility index (Phi) is 4.16. The van der Waals surface area contributed by atoms with Crippen LogP contribution in [-0.2, 0) is 0 Å². The van der Waals surface area contributed by atoms with E-state index in [1.165, 1.54) is 29.6 Å². The molecule has 1 aromatic heterocycles. The topological polar surface area (TPSA) is 63.2 Å². The lowest BCUT2D eigenvalue weighted by atomic mass is 10.1. The van der Waals surface area contributed by atoms with Crippen LogP contribution in [0.25, 0.3) is 10.2 Å². The molecule has 0 saturated heterocycles. The van der Waals surface area contributed by atoms with Crippen molar-refractivity contribution in [3.8, 4) is 5.75 Å². The Bertz CT molecular complexity index is 873. The predicted molar refractivity (Wildman–Crippen MR) is 93.2 cm³/mol. The summed E-state index contributed by atoms with van der Waals surface area (Å²) in [6.07, 6.45) is 0. The van der Waals surface area contributed by atoms with Gasteiger partial charge < -0.3 is 4.74 Å². The molecule has 0 aliphatic rings. The molecule has 2 aromatic carbocycles. The SMILES string of the molecule is COc1ccccc1C(=O)NNc1nc2cc(C)cc(C)c2s1. The summed E-state index contributed by atoms with van der Waals surface area (Å²) in [5, 5.41) is 0.650. The van der Waals surface area contributed by atoms with Crippen molar-refractivity contribution in [2.24, 2.45) is 0 Å². The standard InChI is InChI=1S/C17H17N3O2S/c1-10-8-11(2)15-13(9-10)18-17(23-15)20-19-16(21)12-6-4-5-7-14(12)22-3/h4-9H,1-3H3,(H,18,20)(H,19,21). The van der Waals surface area contributed by atoms with E-state index in [9.17, 15) is 4.79 Å². The van der Waals surface area contributed by atoms with E-state index in [0.29, 0.717) is 16.4 Å². The van der Waals surface area contributed by atoms with Crippen LogP contribution in [0.4, 0.5) is 5.13 Å². The Hall–Kier alpha value is -2.60. The molecule has 0 radical (unpaired) electrons. The van der Waals surface area contributed by atoms with Crippen molar-refractivity contribution in [1.82, 2.24) is 10.4 Å². The number of hydrogen-bond acceptors (Lipinski definition) is 5. The fraction of sp³-hybridized carbons (Fsp3) is 0.176. The first-order chi connectivity index (χ1) is 11.1. The Morgan fingerprint density at radius 2 is 2.00 bits per heavy atom. The van der Waals surface area contributed by atoms with Crippen LogP contribution in [0.1, 0.15) is 21.5 Å². The Morgan fingerprint density at radius 1 is 1.22 bits per heavy atom. The highest BCUT2D eigenvalue weighted by molar-refractivity contribution is 7.22. The summed E-state index contributed by atoms with van der Waals surface area (Å²) in [6.45, 7) is 4.10. The van der Waals surface area contributed by atoms with Gasteiger partial charge in [0.05, 0.1) is 22.9 Å². The average molecular weight is 327 g/mol. The maximum absolute atomic E-state index is 12.3. The zero-order valence-corrected chi connectivity index (χ0v) is 14.0. The molecule has 0 fully saturated rings. The van der Waals surface area contributed by atoms with Gasteiger partial charge in [0.1, 0.15) is 5.75 Å². The van der Waals surface area contributed by atoms with Crippen LogP contribution in [0.3, 0.4) is 0 Å². The number of thiazole rings is 1. The Balaban J connectivity index is 1.78. The third-order valence-electron chi connectivity index (χ3n) is 3.45. The van der Waals surface area contributed by atoms with Gasteiger partial charge in [-0.2, -0.15) is 0 Å². The molecule has 0 aliphatic carbocycles. The number of anilines is 1. The Labute approximate surface area is 138 Å². The first-order valence-electron chi connectivity index (χ1n) is 7.15. The second kappa shape index (κ2) is 6.26. The normalized spacial score (nSPS) is 10.6. The summed E-state index contributed by atoms with van der Waals surface area (Å²) in [7, 11) is 1.54. The lowest BCUT2D eigenvalue weighted by Gasteiger charge is -2.08. The number of rotatable bonds is 4. The molecule has 1 heterocycles. The number of amides is 1. The van der Waals surface area contributed by atoms with Crippen molar-refractivity contribution in [3.05, 3.63) is 53.1 Å². The minimum Gasteiger partial charge on any atom is -0.496 e. The molecule has 2 N–H and O–H groups in total. The van der Waals surface area contributed by atoms with E-state index in [1.54, 1.807) is 18.2 Å². The number of carbonyl (C=O) groups excluding carboxylic acids is 1. The largest absolute Gasteiger partial charge is 0.496 e. The highest BCUT2D eigenvalue weighted by Crippen LogP contribution is 2.29. The predicted octanol–water partition coefficient (Wildman–Crippen LogP) is 3.68. The molecule has 0 aliphatic heterocycles. The van der Waals surface area contributed by atoms with Gasteiger partial charge in [-0.3, -0.25) is 15.6 Å². The molecule has 0 spiro atoms. The summed E-state index contributed by atoms with van der Waals surface area (Å²) in [6, 6.07) is 11.2. The van der Waals surface area contributed by atoms with E-state index in [2.05, 4.69) is 28.8 Å². The van der Waals surface area contributed by atoms with Gasteiger partial charge in [-0.25, -0.2) is 4.98 Å². The summed E-state index contributed by atoms with van der Waals surface area (Å²) < 4.78 is 6.31. The van der Waals surface area contributed by atoms with Gasteiger partial charge in [0.15, 0.2) is 0 Å². The van der Waals surface area contributed by atoms with Crippen molar-refractivity contribution in [1.29, 1.82) is 0 Å². The van der Waals surface area contributed by atoms with Crippen LogP contribution >= 0.6 is 11.3 Å². The number of ether oxygens (including phenoxy) is 1. The highest BCUT2D eigenvalue weighted by Gasteiger charge is 2.12. The minimum absolute atomic E-state index is 0.269. The molecule has 23 heavy (non-hydrogen) atoms. The number of para-hydroxylation sites is 1. The van der Waals surface area contributed by atoms with Gasteiger partial charge in [-0.05, 0) is 43.2 Å². The van der Waals surface area contributed by atoms with Crippen LogP contribution in [-0.4, -0.2) is 18.0 Å². The number of methoxy groups -OCH3 is 1. The van der Waals surface area contributed by atoms with E-state index in [1.807, 2.05) is 19.1 Å². The fourth-order valence-corrected chi connectivity index (χ4v) is 3.31. The Morgan fingerprint density at radius 3 is 2.78 bits per heavy atom. The van der Waals surface area contributed by atoms with Crippen molar-refractivity contribution in [3.63, 3.8) is 0 Å². The number of hydrogen-bond donors (Lipinski definition) is 2. The van der Waals surface area contributed by atoms with Crippen LogP contribution in [0.15, 0.2) is 36.4 Å². The molecule has 118 valence electrons. The van der Waals surface area contributed by atoms with E-state index in [4.69, 9.17) is 4.74 Å². The zero-order valence-electron chi connectivity index (χ0n) is 13.1. The smallest absolute Gasteiger partial charge is 0.273 e. The summed E-state index contributed by atoms with van der Waals surface area (Å²) in [5.74, 6) is 0.261. The summed E-state index contributed by atoms with van der Waals surface area (Å²) in [4.78, 5) is 16.8. The number of nitrogens with zero attached hydrogens (tertiary/aromatic N) is 1. The molecule has 0 atom stereocenters. The van der Waals surface area contributed by atoms with Crippen LogP contribution in [0.2, 0.25) is 0 Å². The minimum atomic E-state index is -0.269. The number of fused-ring (bicyclic) bond motifs is 1. The monoisotopic (exact) mass is 327 g/mol. The van der Waals surface area contributed by atoms with E-state index < -0.39 is 0 Å². The van der Waals surface area contributed by atoms with Crippen molar-refractivity contribution < 1.29 is 9.53 Å². The third kappa shape index (κ3) is 3.12. The molecule has 5 nitrogen and oxygen atoms in total. The molecule has 0 unspecified atom stereocenters. The van der Waals surface area contributed by atoms with E-state index in [-0.39, 0.29) is 5.91 Å². The van der Waals surface area contributed by atoms with Crippen molar-refractivity contribution >= 4 is 32.6 Å². The molecule has 3 rings (SSSR count). The molecule has 0 bridgehead atoms. The summed E-state index contributed by atoms with van der Waals surface area (Å²) in [5.41, 5.74) is 9.30. The molecule has 3 aromatic rings. The van der Waals surface area contributed by atoms with Gasteiger partial charge in [0.25, 0.3) is 5.91 Å². The third-order valence-corrected chi connectivity index (χ3v) is 4.58. The maximum atomic E-state index is 12.3. The quantitative estimate of drug-likeness (QED) is 0.718. The van der Waals surface area contributed by atoms with Crippen molar-refractivity contribution in [2.45, 2.75) is 13.8 Å².